The Morgan fingerprint density at radius 3 is 2.47 bits per heavy atom. The Hall–Kier alpha value is -3.35. The van der Waals surface area contributed by atoms with Crippen molar-refractivity contribution in [1.82, 2.24) is 15.5 Å². The molecule has 0 radical (unpaired) electrons. The molecule has 0 saturated heterocycles. The number of nitrogens with one attached hydrogen (secondary N) is 1. The van der Waals surface area contributed by atoms with Gasteiger partial charge in [-0.15, -0.1) is 10.2 Å². The van der Waals surface area contributed by atoms with E-state index in [-0.39, 0.29) is 0 Å². The van der Waals surface area contributed by atoms with Gasteiger partial charge in [-0.25, -0.2) is 0 Å². The Balaban J connectivity index is 1.26. The van der Waals surface area contributed by atoms with E-state index in [9.17, 15) is 0 Å². The lowest BCUT2D eigenvalue weighted by atomic mass is 10.2. The highest BCUT2D eigenvalue weighted by Crippen LogP contribution is 2.29. The van der Waals surface area contributed by atoms with Gasteiger partial charge in [0.25, 0.3) is 0 Å². The van der Waals surface area contributed by atoms with Crippen molar-refractivity contribution in [2.24, 2.45) is 0 Å². The van der Waals surface area contributed by atoms with Crippen LogP contribution in [-0.4, -0.2) is 23.9 Å². The summed E-state index contributed by atoms with van der Waals surface area (Å²) >= 11 is 5.93. The van der Waals surface area contributed by atoms with Crippen molar-refractivity contribution < 1.29 is 13.9 Å². The smallest absolute Gasteiger partial charge is 0.247 e. The van der Waals surface area contributed by atoms with Gasteiger partial charge in [0.05, 0.1) is 7.11 Å². The predicted molar refractivity (Wildman–Crippen MR) is 124 cm³/mol. The normalized spacial score (nSPS) is 10.8. The summed E-state index contributed by atoms with van der Waals surface area (Å²) in [6, 6.07) is 23.3. The lowest BCUT2D eigenvalue weighted by Gasteiger charge is -2.13. The minimum absolute atomic E-state index is 0.445. The molecule has 32 heavy (non-hydrogen) atoms. The average molecular weight is 450 g/mol. The highest BCUT2D eigenvalue weighted by molar-refractivity contribution is 6.30. The van der Waals surface area contributed by atoms with E-state index in [4.69, 9.17) is 25.5 Å². The van der Waals surface area contributed by atoms with Gasteiger partial charge >= 0.3 is 0 Å². The standard InChI is InChI=1S/C25H24ClN3O3/c1-30-23-15-19(9-12-22(23)31-17-18-7-10-21(26)11-8-18)16-27-14-13-24-28-29-25(32-24)20-5-3-2-4-6-20/h2-12,15,27H,13-14,16-17H2,1H3. The largest absolute Gasteiger partial charge is 0.493 e. The summed E-state index contributed by atoms with van der Waals surface area (Å²) in [4.78, 5) is 0. The van der Waals surface area contributed by atoms with E-state index in [0.717, 1.165) is 16.7 Å². The number of ether oxygens (including phenoxy) is 2. The van der Waals surface area contributed by atoms with E-state index >= 15 is 0 Å². The molecule has 0 aliphatic rings. The van der Waals surface area contributed by atoms with Gasteiger partial charge in [0, 0.05) is 30.1 Å². The number of aromatic nitrogens is 2. The second kappa shape index (κ2) is 10.8. The molecule has 4 aromatic rings. The van der Waals surface area contributed by atoms with E-state index in [1.807, 2.05) is 72.8 Å². The van der Waals surface area contributed by atoms with Crippen LogP contribution in [-0.2, 0) is 19.6 Å². The second-order valence-corrected chi connectivity index (χ2v) is 7.63. The van der Waals surface area contributed by atoms with Crippen molar-refractivity contribution >= 4 is 11.6 Å². The van der Waals surface area contributed by atoms with Crippen LogP contribution in [0, 0.1) is 0 Å². The minimum Gasteiger partial charge on any atom is -0.493 e. The summed E-state index contributed by atoms with van der Waals surface area (Å²) in [5, 5.41) is 12.3. The molecule has 0 bridgehead atoms. The highest BCUT2D eigenvalue weighted by Gasteiger charge is 2.09. The van der Waals surface area contributed by atoms with Crippen molar-refractivity contribution in [2.45, 2.75) is 19.6 Å². The van der Waals surface area contributed by atoms with E-state index in [0.29, 0.717) is 54.4 Å². The monoisotopic (exact) mass is 449 g/mol. The number of halogens is 1. The molecule has 1 N–H and O–H groups in total. The Morgan fingerprint density at radius 1 is 0.906 bits per heavy atom. The number of methoxy groups -OCH3 is 1. The molecule has 0 fully saturated rings. The first-order valence-electron chi connectivity index (χ1n) is 10.3. The Kier molecular flexibility index (Phi) is 7.38. The van der Waals surface area contributed by atoms with Gasteiger partial charge in [-0.05, 0) is 47.5 Å². The SMILES string of the molecule is COc1cc(CNCCc2nnc(-c3ccccc3)o2)ccc1OCc1ccc(Cl)cc1. The molecule has 6 nitrogen and oxygen atoms in total. The summed E-state index contributed by atoms with van der Waals surface area (Å²) < 4.78 is 17.2. The first-order chi connectivity index (χ1) is 15.7. The molecule has 1 aromatic heterocycles. The number of nitrogens with zero attached hydrogens (tertiary/aromatic N) is 2. The molecule has 0 atom stereocenters. The van der Waals surface area contributed by atoms with Crippen LogP contribution in [0.1, 0.15) is 17.0 Å². The maximum Gasteiger partial charge on any atom is 0.247 e. The van der Waals surface area contributed by atoms with Crippen LogP contribution in [0.3, 0.4) is 0 Å². The molecule has 0 spiro atoms. The van der Waals surface area contributed by atoms with E-state index in [1.165, 1.54) is 0 Å². The first-order valence-corrected chi connectivity index (χ1v) is 10.7. The summed E-state index contributed by atoms with van der Waals surface area (Å²) in [6.07, 6.45) is 0.652. The van der Waals surface area contributed by atoms with Crippen molar-refractivity contribution in [3.63, 3.8) is 0 Å². The molecule has 1 heterocycles. The number of rotatable bonds is 10. The van der Waals surface area contributed by atoms with Gasteiger partial charge in [0.2, 0.25) is 11.8 Å². The van der Waals surface area contributed by atoms with Crippen molar-refractivity contribution in [2.75, 3.05) is 13.7 Å². The molecule has 0 aliphatic heterocycles. The molecule has 0 saturated carbocycles. The van der Waals surface area contributed by atoms with Crippen molar-refractivity contribution in [3.8, 4) is 23.0 Å². The van der Waals surface area contributed by atoms with Crippen molar-refractivity contribution in [3.05, 3.63) is 94.8 Å². The third kappa shape index (κ3) is 5.87. The molecule has 164 valence electrons. The topological polar surface area (TPSA) is 69.4 Å². The van der Waals surface area contributed by atoms with Gasteiger partial charge < -0.3 is 19.2 Å². The predicted octanol–water partition coefficient (Wildman–Crippen LogP) is 5.31. The van der Waals surface area contributed by atoms with E-state index in [1.54, 1.807) is 7.11 Å². The van der Waals surface area contributed by atoms with Crippen LogP contribution in [0.2, 0.25) is 5.02 Å². The summed E-state index contributed by atoms with van der Waals surface area (Å²) in [5.41, 5.74) is 3.06. The summed E-state index contributed by atoms with van der Waals surface area (Å²) in [6.45, 7) is 1.85. The molecule has 3 aromatic carbocycles. The molecule has 4 rings (SSSR count). The van der Waals surface area contributed by atoms with Gasteiger partial charge in [0.15, 0.2) is 11.5 Å². The maximum absolute atomic E-state index is 5.93. The lowest BCUT2D eigenvalue weighted by Crippen LogP contribution is -2.16. The summed E-state index contributed by atoms with van der Waals surface area (Å²) in [7, 11) is 1.64. The Bertz CT molecular complexity index is 1130. The number of benzene rings is 3. The highest BCUT2D eigenvalue weighted by atomic mass is 35.5. The van der Waals surface area contributed by atoms with Crippen LogP contribution in [0.4, 0.5) is 0 Å². The summed E-state index contributed by atoms with van der Waals surface area (Å²) in [5.74, 6) is 2.55. The van der Waals surface area contributed by atoms with Crippen LogP contribution in [0.15, 0.2) is 77.2 Å². The minimum atomic E-state index is 0.445. The fourth-order valence-electron chi connectivity index (χ4n) is 3.16. The molecule has 0 unspecified atom stereocenters. The zero-order chi connectivity index (χ0) is 22.2. The molecule has 0 aliphatic carbocycles. The zero-order valence-electron chi connectivity index (χ0n) is 17.8. The maximum atomic E-state index is 5.93. The first kappa shape index (κ1) is 21.9. The van der Waals surface area contributed by atoms with Crippen LogP contribution < -0.4 is 14.8 Å². The lowest BCUT2D eigenvalue weighted by molar-refractivity contribution is 0.284. The fourth-order valence-corrected chi connectivity index (χ4v) is 3.29. The van der Waals surface area contributed by atoms with E-state index < -0.39 is 0 Å². The number of hydrogen-bond donors (Lipinski definition) is 1. The second-order valence-electron chi connectivity index (χ2n) is 7.19. The van der Waals surface area contributed by atoms with Gasteiger partial charge in [-0.3, -0.25) is 0 Å². The van der Waals surface area contributed by atoms with Gasteiger partial charge in [-0.2, -0.15) is 0 Å². The third-order valence-corrected chi connectivity index (χ3v) is 5.12. The van der Waals surface area contributed by atoms with Crippen LogP contribution in [0.25, 0.3) is 11.5 Å². The van der Waals surface area contributed by atoms with Crippen LogP contribution >= 0.6 is 11.6 Å². The van der Waals surface area contributed by atoms with E-state index in [2.05, 4.69) is 15.5 Å². The zero-order valence-corrected chi connectivity index (χ0v) is 18.5. The Labute approximate surface area is 192 Å². The average Bonchev–Trinajstić information content (AvgIpc) is 3.31. The third-order valence-electron chi connectivity index (χ3n) is 4.87. The molecule has 7 heteroatoms. The number of hydrogen-bond acceptors (Lipinski definition) is 6. The Morgan fingerprint density at radius 2 is 1.69 bits per heavy atom. The van der Waals surface area contributed by atoms with Crippen LogP contribution in [0.5, 0.6) is 11.5 Å². The van der Waals surface area contributed by atoms with Gasteiger partial charge in [-0.1, -0.05) is 48.0 Å². The molecular weight excluding hydrogens is 426 g/mol. The van der Waals surface area contributed by atoms with Gasteiger partial charge in [0.1, 0.15) is 6.61 Å². The quantitative estimate of drug-likeness (QED) is 0.331. The molecule has 0 amide bonds. The molecular formula is C25H24ClN3O3. The fraction of sp³-hybridized carbons (Fsp3) is 0.200. The van der Waals surface area contributed by atoms with Crippen molar-refractivity contribution in [1.29, 1.82) is 0 Å².